The quantitative estimate of drug-likeness (QED) is 0.568. The Bertz CT molecular complexity index is 548. The lowest BCUT2D eigenvalue weighted by Crippen LogP contribution is -1.95. The van der Waals surface area contributed by atoms with E-state index in [-0.39, 0.29) is 28.5 Å². The maximum absolute atomic E-state index is 10.6. The van der Waals surface area contributed by atoms with Gasteiger partial charge in [0, 0.05) is 5.56 Å². The summed E-state index contributed by atoms with van der Waals surface area (Å²) in [6.45, 7) is 0. The smallest absolute Gasteiger partial charge is 0.353 e. The van der Waals surface area contributed by atoms with Gasteiger partial charge in [-0.1, -0.05) is 6.07 Å². The van der Waals surface area contributed by atoms with E-state index in [1.54, 1.807) is 0 Å². The van der Waals surface area contributed by atoms with Gasteiger partial charge in [-0.15, -0.1) is 0 Å². The Morgan fingerprint density at radius 2 is 2.06 bits per heavy atom. The number of carbonyl (C=O) groups is 1. The molecule has 1 aromatic carbocycles. The summed E-state index contributed by atoms with van der Waals surface area (Å²) in [5.74, 6) is -1.75. The summed E-state index contributed by atoms with van der Waals surface area (Å²) >= 11 is 0. The molecule has 0 fully saturated rings. The van der Waals surface area contributed by atoms with Crippen LogP contribution in [0.25, 0.3) is 11.3 Å². The number of aromatic hydroxyl groups is 2. The average Bonchev–Trinajstić information content (AvgIpc) is 2.71. The first-order valence-electron chi connectivity index (χ1n) is 4.39. The fraction of sp³-hybridized carbons (Fsp3) is 0. The van der Waals surface area contributed by atoms with Gasteiger partial charge in [-0.05, 0) is 18.2 Å². The van der Waals surface area contributed by atoms with Crippen LogP contribution in [-0.2, 0) is 0 Å². The van der Waals surface area contributed by atoms with Crippen molar-refractivity contribution in [2.24, 2.45) is 0 Å². The topological polar surface area (TPSA) is 106 Å². The third kappa shape index (κ3) is 1.56. The number of para-hydroxylation sites is 1. The number of phenolic OH excluding ortho intramolecular Hbond substituents is 2. The van der Waals surface area contributed by atoms with Gasteiger partial charge in [0.1, 0.15) is 5.69 Å². The molecule has 0 unspecified atom stereocenters. The summed E-state index contributed by atoms with van der Waals surface area (Å²) in [5.41, 5.74) is 0.437. The van der Waals surface area contributed by atoms with Crippen LogP contribution in [0.4, 0.5) is 0 Å². The number of nitrogens with zero attached hydrogens (tertiary/aromatic N) is 1. The van der Waals surface area contributed by atoms with Crippen LogP contribution in [0, 0.1) is 0 Å². The van der Waals surface area contributed by atoms with Crippen molar-refractivity contribution in [2.75, 3.05) is 0 Å². The first-order chi connectivity index (χ1) is 7.59. The summed E-state index contributed by atoms with van der Waals surface area (Å²) in [5, 5.41) is 33.5. The number of rotatable bonds is 2. The maximum atomic E-state index is 10.6. The number of phenols is 2. The first-order valence-corrected chi connectivity index (χ1v) is 4.39. The van der Waals surface area contributed by atoms with E-state index in [1.807, 2.05) is 0 Å². The fourth-order valence-electron chi connectivity index (χ4n) is 1.31. The van der Waals surface area contributed by atoms with Gasteiger partial charge in [0.25, 0.3) is 0 Å². The van der Waals surface area contributed by atoms with Crippen LogP contribution in [0.1, 0.15) is 10.5 Å². The Morgan fingerprint density at radius 1 is 1.31 bits per heavy atom. The second kappa shape index (κ2) is 3.58. The van der Waals surface area contributed by atoms with Gasteiger partial charge in [0.15, 0.2) is 11.5 Å². The number of benzene rings is 1. The van der Waals surface area contributed by atoms with Crippen LogP contribution in [0.3, 0.4) is 0 Å². The standard InChI is InChI=1S/C10H8N2O4/c13-8-3-1-2-5(9(8)14)6-4-7(10(15)16)12-11-6/h1-4,13-14H,(H,11,12)(H,15,16). The third-order valence-electron chi connectivity index (χ3n) is 2.10. The van der Waals surface area contributed by atoms with Crippen LogP contribution in [0.15, 0.2) is 24.3 Å². The third-order valence-corrected chi connectivity index (χ3v) is 2.10. The van der Waals surface area contributed by atoms with Crippen molar-refractivity contribution in [3.05, 3.63) is 30.0 Å². The van der Waals surface area contributed by atoms with Gasteiger partial charge >= 0.3 is 5.97 Å². The van der Waals surface area contributed by atoms with Crippen molar-refractivity contribution in [3.63, 3.8) is 0 Å². The van der Waals surface area contributed by atoms with Gasteiger partial charge < -0.3 is 15.3 Å². The summed E-state index contributed by atoms with van der Waals surface area (Å²) < 4.78 is 0. The zero-order valence-corrected chi connectivity index (χ0v) is 8.01. The highest BCUT2D eigenvalue weighted by atomic mass is 16.4. The Labute approximate surface area is 89.8 Å². The molecular formula is C10H8N2O4. The molecule has 1 heterocycles. The predicted octanol–water partition coefficient (Wildman–Crippen LogP) is 1.19. The van der Waals surface area contributed by atoms with Gasteiger partial charge in [0.2, 0.25) is 0 Å². The molecule has 2 rings (SSSR count). The highest BCUT2D eigenvalue weighted by Crippen LogP contribution is 2.35. The summed E-state index contributed by atoms with van der Waals surface area (Å²) in [6, 6.07) is 5.65. The van der Waals surface area contributed by atoms with E-state index in [2.05, 4.69) is 10.2 Å². The Balaban J connectivity index is 2.50. The van der Waals surface area contributed by atoms with Gasteiger partial charge in [-0.3, -0.25) is 5.10 Å². The number of nitrogens with one attached hydrogen (secondary N) is 1. The van der Waals surface area contributed by atoms with Gasteiger partial charge in [-0.25, -0.2) is 4.79 Å². The van der Waals surface area contributed by atoms with Crippen molar-refractivity contribution >= 4 is 5.97 Å². The highest BCUT2D eigenvalue weighted by Gasteiger charge is 2.13. The monoisotopic (exact) mass is 220 g/mol. The Hall–Kier alpha value is -2.50. The maximum Gasteiger partial charge on any atom is 0.353 e. The molecule has 16 heavy (non-hydrogen) atoms. The molecule has 0 spiro atoms. The molecule has 0 amide bonds. The molecule has 0 bridgehead atoms. The number of aromatic nitrogens is 2. The van der Waals surface area contributed by atoms with Crippen LogP contribution >= 0.6 is 0 Å². The van der Waals surface area contributed by atoms with Crippen molar-refractivity contribution in [1.82, 2.24) is 10.2 Å². The molecule has 0 aliphatic rings. The van der Waals surface area contributed by atoms with E-state index in [1.165, 1.54) is 24.3 Å². The summed E-state index contributed by atoms with van der Waals surface area (Å²) in [6.07, 6.45) is 0. The molecule has 4 N–H and O–H groups in total. The molecule has 82 valence electrons. The molecule has 2 aromatic rings. The first kappa shape index (κ1) is 10.0. The molecule has 0 atom stereocenters. The van der Waals surface area contributed by atoms with E-state index >= 15 is 0 Å². The molecule has 6 nitrogen and oxygen atoms in total. The second-order valence-corrected chi connectivity index (χ2v) is 3.15. The molecule has 6 heteroatoms. The molecular weight excluding hydrogens is 212 g/mol. The molecule has 0 saturated carbocycles. The second-order valence-electron chi connectivity index (χ2n) is 3.15. The van der Waals surface area contributed by atoms with Crippen molar-refractivity contribution < 1.29 is 20.1 Å². The van der Waals surface area contributed by atoms with Crippen molar-refractivity contribution in [2.45, 2.75) is 0 Å². The molecule has 1 aromatic heterocycles. The largest absolute Gasteiger partial charge is 0.504 e. The van der Waals surface area contributed by atoms with E-state index in [4.69, 9.17) is 5.11 Å². The molecule has 0 saturated heterocycles. The van der Waals surface area contributed by atoms with Crippen LogP contribution in [-0.4, -0.2) is 31.5 Å². The number of aromatic carboxylic acids is 1. The SMILES string of the molecule is O=C(O)c1cc(-c2cccc(O)c2O)n[nH]1. The van der Waals surface area contributed by atoms with Gasteiger partial charge in [-0.2, -0.15) is 5.10 Å². The number of carboxylic acids is 1. The van der Waals surface area contributed by atoms with Crippen LogP contribution < -0.4 is 0 Å². The summed E-state index contributed by atoms with van der Waals surface area (Å²) in [7, 11) is 0. The number of hydrogen-bond donors (Lipinski definition) is 4. The zero-order valence-electron chi connectivity index (χ0n) is 8.01. The molecule has 0 radical (unpaired) electrons. The number of carboxylic acid groups (broad SMARTS) is 1. The zero-order chi connectivity index (χ0) is 11.7. The summed E-state index contributed by atoms with van der Waals surface area (Å²) in [4.78, 5) is 10.6. The van der Waals surface area contributed by atoms with E-state index in [9.17, 15) is 15.0 Å². The minimum absolute atomic E-state index is 0.0854. The average molecular weight is 220 g/mol. The van der Waals surface area contributed by atoms with E-state index in [0.29, 0.717) is 0 Å². The van der Waals surface area contributed by atoms with E-state index < -0.39 is 5.97 Å². The lowest BCUT2D eigenvalue weighted by atomic mass is 10.1. The lowest BCUT2D eigenvalue weighted by Gasteiger charge is -2.01. The van der Waals surface area contributed by atoms with Crippen molar-refractivity contribution in [3.8, 4) is 22.8 Å². The number of hydrogen-bond acceptors (Lipinski definition) is 4. The minimum atomic E-state index is -1.14. The van der Waals surface area contributed by atoms with Crippen LogP contribution in [0.2, 0.25) is 0 Å². The van der Waals surface area contributed by atoms with Crippen molar-refractivity contribution in [1.29, 1.82) is 0 Å². The van der Waals surface area contributed by atoms with E-state index in [0.717, 1.165) is 0 Å². The highest BCUT2D eigenvalue weighted by molar-refractivity contribution is 5.87. The Morgan fingerprint density at radius 3 is 2.69 bits per heavy atom. The van der Waals surface area contributed by atoms with Gasteiger partial charge in [0.05, 0.1) is 5.69 Å². The minimum Gasteiger partial charge on any atom is -0.504 e. The number of H-pyrrole nitrogens is 1. The normalized spacial score (nSPS) is 10.2. The number of aromatic amines is 1. The Kier molecular flexibility index (Phi) is 2.24. The lowest BCUT2D eigenvalue weighted by molar-refractivity contribution is 0.0690. The molecule has 0 aliphatic carbocycles. The predicted molar refractivity (Wildman–Crippen MR) is 54.3 cm³/mol. The fourth-order valence-corrected chi connectivity index (χ4v) is 1.31. The molecule has 0 aliphatic heterocycles. The van der Waals surface area contributed by atoms with Crippen LogP contribution in [0.5, 0.6) is 11.5 Å².